The van der Waals surface area contributed by atoms with Gasteiger partial charge in [-0.3, -0.25) is 0 Å². The number of halogens is 6. The van der Waals surface area contributed by atoms with Crippen LogP contribution in [0.1, 0.15) is 15.9 Å². The predicted molar refractivity (Wildman–Crippen MR) is 52.4 cm³/mol. The van der Waals surface area contributed by atoms with Gasteiger partial charge in [-0.15, -0.1) is 21.5 Å². The van der Waals surface area contributed by atoms with Gasteiger partial charge in [0.1, 0.15) is 10.0 Å². The average Bonchev–Trinajstić information content (AvgIpc) is 2.58. The molecule has 0 spiro atoms. The second-order valence-electron chi connectivity index (χ2n) is 3.40. The van der Waals surface area contributed by atoms with E-state index in [9.17, 15) is 26.3 Å². The van der Waals surface area contributed by atoms with Crippen LogP contribution in [0.5, 0.6) is 0 Å². The number of nitrogens with zero attached hydrogens (tertiary/aromatic N) is 2. The summed E-state index contributed by atoms with van der Waals surface area (Å²) in [5, 5.41) is 8.11. The van der Waals surface area contributed by atoms with Gasteiger partial charge in [-0.1, -0.05) is 0 Å². The van der Waals surface area contributed by atoms with Crippen LogP contribution in [0.2, 0.25) is 0 Å². The first-order valence-electron chi connectivity index (χ1n) is 4.76. The highest BCUT2D eigenvalue weighted by molar-refractivity contribution is 7.11. The van der Waals surface area contributed by atoms with Gasteiger partial charge >= 0.3 is 12.4 Å². The van der Waals surface area contributed by atoms with Gasteiger partial charge in [0, 0.05) is 13.0 Å². The molecule has 104 valence electrons. The van der Waals surface area contributed by atoms with Crippen molar-refractivity contribution in [2.24, 2.45) is 0 Å². The van der Waals surface area contributed by atoms with Gasteiger partial charge in [0.05, 0.1) is 0 Å². The Morgan fingerprint density at radius 1 is 1.11 bits per heavy atom. The van der Waals surface area contributed by atoms with Crippen LogP contribution in [-0.4, -0.2) is 36.1 Å². The lowest BCUT2D eigenvalue weighted by Gasteiger charge is -2.20. The molecule has 1 aromatic heterocycles. The van der Waals surface area contributed by atoms with E-state index in [1.165, 1.54) is 0 Å². The zero-order chi connectivity index (χ0) is 14.0. The fraction of sp³-hybridized carbons (Fsp3) is 0.750. The van der Waals surface area contributed by atoms with Crippen molar-refractivity contribution in [2.75, 3.05) is 13.6 Å². The van der Waals surface area contributed by atoms with E-state index >= 15 is 0 Å². The van der Waals surface area contributed by atoms with Crippen LogP contribution in [0.4, 0.5) is 26.3 Å². The topological polar surface area (TPSA) is 37.8 Å². The maximum absolute atomic E-state index is 12.4. The third-order valence-corrected chi connectivity index (χ3v) is 3.02. The summed E-state index contributed by atoms with van der Waals surface area (Å²) in [5.41, 5.74) is 0. The Hall–Kier alpha value is -0.900. The number of alkyl halides is 6. The first-order valence-corrected chi connectivity index (χ1v) is 5.58. The second kappa shape index (κ2) is 5.39. The molecule has 0 saturated carbocycles. The zero-order valence-corrected chi connectivity index (χ0v) is 9.88. The van der Waals surface area contributed by atoms with E-state index in [1.807, 2.05) is 0 Å². The van der Waals surface area contributed by atoms with Crippen LogP contribution >= 0.6 is 11.3 Å². The molecule has 0 amide bonds. The fourth-order valence-corrected chi connectivity index (χ4v) is 2.18. The average molecular weight is 293 g/mol. The zero-order valence-electron chi connectivity index (χ0n) is 9.06. The molecule has 1 aromatic rings. The monoisotopic (exact) mass is 293 g/mol. The Kier molecular flexibility index (Phi) is 4.54. The molecule has 1 heterocycles. The minimum absolute atomic E-state index is 0.137. The van der Waals surface area contributed by atoms with Crippen molar-refractivity contribution in [1.29, 1.82) is 0 Å². The molecule has 0 aliphatic carbocycles. The molecular weight excluding hydrogens is 284 g/mol. The van der Waals surface area contributed by atoms with Crippen molar-refractivity contribution in [3.05, 3.63) is 10.0 Å². The summed E-state index contributed by atoms with van der Waals surface area (Å²) in [4.78, 5) is 0. The molecule has 1 N–H and O–H groups in total. The summed E-state index contributed by atoms with van der Waals surface area (Å²) in [6.07, 6.45) is -10.6. The van der Waals surface area contributed by atoms with Crippen LogP contribution in [0.3, 0.4) is 0 Å². The van der Waals surface area contributed by atoms with Crippen molar-refractivity contribution >= 4 is 11.3 Å². The minimum atomic E-state index is -5.42. The lowest BCUT2D eigenvalue weighted by atomic mass is 10.1. The number of nitrogens with one attached hydrogen (secondary N) is 1. The fourth-order valence-electron chi connectivity index (χ4n) is 1.18. The largest absolute Gasteiger partial charge is 0.406 e. The third kappa shape index (κ3) is 3.80. The lowest BCUT2D eigenvalue weighted by Crippen LogP contribution is -2.34. The van der Waals surface area contributed by atoms with Gasteiger partial charge in [-0.2, -0.15) is 26.3 Å². The highest BCUT2D eigenvalue weighted by atomic mass is 32.1. The van der Waals surface area contributed by atoms with Crippen LogP contribution in [0.25, 0.3) is 0 Å². The van der Waals surface area contributed by atoms with Gasteiger partial charge in [-0.25, -0.2) is 0 Å². The number of hydrogen-bond donors (Lipinski definition) is 1. The van der Waals surface area contributed by atoms with Gasteiger partial charge in [0.2, 0.25) is 5.92 Å². The van der Waals surface area contributed by atoms with Gasteiger partial charge in [-0.05, 0) is 7.05 Å². The van der Waals surface area contributed by atoms with Crippen molar-refractivity contribution in [2.45, 2.75) is 24.7 Å². The Morgan fingerprint density at radius 2 is 1.67 bits per heavy atom. The highest BCUT2D eigenvalue weighted by Crippen LogP contribution is 2.46. The summed E-state index contributed by atoms with van der Waals surface area (Å²) in [6.45, 7) is 0.400. The Balaban J connectivity index is 2.97. The van der Waals surface area contributed by atoms with E-state index in [-0.39, 0.29) is 11.4 Å². The summed E-state index contributed by atoms with van der Waals surface area (Å²) in [5.74, 6) is -3.56. The van der Waals surface area contributed by atoms with E-state index in [4.69, 9.17) is 0 Å². The van der Waals surface area contributed by atoms with Gasteiger partial charge < -0.3 is 5.32 Å². The van der Waals surface area contributed by atoms with Crippen LogP contribution < -0.4 is 5.32 Å². The normalized spacial score (nSPS) is 13.3. The molecule has 0 aliphatic heterocycles. The molecule has 0 bridgehead atoms. The molecule has 3 nitrogen and oxygen atoms in total. The van der Waals surface area contributed by atoms with Gasteiger partial charge in [0.15, 0.2) is 0 Å². The second-order valence-corrected chi connectivity index (χ2v) is 4.50. The molecule has 10 heteroatoms. The Morgan fingerprint density at radius 3 is 2.11 bits per heavy atom. The first kappa shape index (κ1) is 15.2. The van der Waals surface area contributed by atoms with Crippen molar-refractivity contribution < 1.29 is 26.3 Å². The van der Waals surface area contributed by atoms with Crippen molar-refractivity contribution in [1.82, 2.24) is 15.5 Å². The van der Waals surface area contributed by atoms with E-state index in [2.05, 4.69) is 15.5 Å². The van der Waals surface area contributed by atoms with Crippen LogP contribution in [0, 0.1) is 0 Å². The predicted octanol–water partition coefficient (Wildman–Crippen LogP) is 2.51. The van der Waals surface area contributed by atoms with E-state index in [0.717, 1.165) is 0 Å². The number of hydrogen-bond acceptors (Lipinski definition) is 4. The molecule has 0 unspecified atom stereocenters. The molecule has 0 atom stereocenters. The van der Waals surface area contributed by atoms with E-state index < -0.39 is 23.3 Å². The molecule has 0 fully saturated rings. The maximum atomic E-state index is 12.4. The van der Waals surface area contributed by atoms with Gasteiger partial charge in [0.25, 0.3) is 0 Å². The van der Waals surface area contributed by atoms with Crippen LogP contribution in [-0.2, 0) is 6.42 Å². The molecular formula is C8H9F6N3S. The SMILES string of the molecule is CNCCc1nnc(C(C(F)(F)F)C(F)(F)F)s1. The molecule has 1 rings (SSSR count). The first-order chi connectivity index (χ1) is 8.16. The highest BCUT2D eigenvalue weighted by Gasteiger charge is 2.59. The summed E-state index contributed by atoms with van der Waals surface area (Å²) in [6, 6.07) is 0. The lowest BCUT2D eigenvalue weighted by molar-refractivity contribution is -0.253. The van der Waals surface area contributed by atoms with Crippen molar-refractivity contribution in [3.8, 4) is 0 Å². The molecule has 18 heavy (non-hydrogen) atoms. The summed E-state index contributed by atoms with van der Waals surface area (Å²) >= 11 is 0.332. The quantitative estimate of drug-likeness (QED) is 0.867. The van der Waals surface area contributed by atoms with E-state index in [0.29, 0.717) is 17.9 Å². The standard InChI is InChI=1S/C8H9F6N3S/c1-15-3-2-4-16-17-6(18-4)5(7(9,10)11)8(12,13)14/h5,15H,2-3H2,1H3. The number of rotatable bonds is 4. The van der Waals surface area contributed by atoms with E-state index in [1.54, 1.807) is 7.05 Å². The molecule has 0 radical (unpaired) electrons. The van der Waals surface area contributed by atoms with Crippen molar-refractivity contribution in [3.63, 3.8) is 0 Å². The third-order valence-electron chi connectivity index (χ3n) is 1.97. The Bertz CT molecular complexity index is 371. The summed E-state index contributed by atoms with van der Waals surface area (Å²) in [7, 11) is 1.61. The minimum Gasteiger partial charge on any atom is -0.319 e. The summed E-state index contributed by atoms with van der Waals surface area (Å²) < 4.78 is 74.2. The number of aromatic nitrogens is 2. The molecule has 0 aromatic carbocycles. The van der Waals surface area contributed by atoms with Crippen LogP contribution in [0.15, 0.2) is 0 Å². The molecule has 0 aliphatic rings. The maximum Gasteiger partial charge on any atom is 0.406 e. The number of likely N-dealkylation sites (N-methyl/N-ethyl adjacent to an activating group) is 1. The Labute approximate surface area is 102 Å². The smallest absolute Gasteiger partial charge is 0.319 e. The molecule has 0 saturated heterocycles.